The zero-order valence-electron chi connectivity index (χ0n) is 15.8. The fraction of sp³-hybridized carbons (Fsp3) is 0.556. The van der Waals surface area contributed by atoms with Crippen molar-refractivity contribution >= 4 is 10.0 Å². The molecule has 1 aromatic heterocycles. The van der Waals surface area contributed by atoms with Gasteiger partial charge in [-0.25, -0.2) is 8.42 Å². The molecule has 3 N–H and O–H groups in total. The molecule has 1 fully saturated rings. The van der Waals surface area contributed by atoms with Crippen LogP contribution >= 0.6 is 0 Å². The van der Waals surface area contributed by atoms with Gasteiger partial charge in [-0.15, -0.1) is 0 Å². The Kier molecular flexibility index (Phi) is 5.55. The second-order valence-corrected chi connectivity index (χ2v) is 9.05. The van der Waals surface area contributed by atoms with Crippen LogP contribution in [0.15, 0.2) is 33.7 Å². The summed E-state index contributed by atoms with van der Waals surface area (Å²) in [7, 11) is -2.24. The topological polar surface area (TPSA) is 120 Å². The lowest BCUT2D eigenvalue weighted by atomic mass is 9.98. The average molecular weight is 394 g/mol. The van der Waals surface area contributed by atoms with Crippen molar-refractivity contribution in [3.05, 3.63) is 36.0 Å². The molecule has 1 aliphatic rings. The van der Waals surface area contributed by atoms with Crippen LogP contribution in [0, 0.1) is 5.92 Å². The Morgan fingerprint density at radius 1 is 1.22 bits per heavy atom. The minimum Gasteiger partial charge on any atom is -0.497 e. The highest BCUT2D eigenvalue weighted by Crippen LogP contribution is 2.35. The van der Waals surface area contributed by atoms with Gasteiger partial charge in [0.2, 0.25) is 15.9 Å². The maximum atomic E-state index is 12.8. The molecule has 3 rings (SSSR count). The van der Waals surface area contributed by atoms with Crippen LogP contribution in [-0.4, -0.2) is 25.7 Å². The Morgan fingerprint density at radius 3 is 2.41 bits per heavy atom. The van der Waals surface area contributed by atoms with E-state index in [1.54, 1.807) is 12.1 Å². The first-order chi connectivity index (χ1) is 12.7. The van der Waals surface area contributed by atoms with Crippen LogP contribution in [0.4, 0.5) is 0 Å². The zero-order valence-corrected chi connectivity index (χ0v) is 16.6. The smallest absolute Gasteiger partial charge is 0.245 e. The molecule has 1 heterocycles. The maximum Gasteiger partial charge on any atom is 0.245 e. The number of benzene rings is 1. The van der Waals surface area contributed by atoms with Gasteiger partial charge < -0.3 is 15.0 Å². The summed E-state index contributed by atoms with van der Waals surface area (Å²) >= 11 is 0. The van der Waals surface area contributed by atoms with Crippen molar-refractivity contribution in [1.29, 1.82) is 0 Å². The van der Waals surface area contributed by atoms with E-state index in [0.717, 1.165) is 25.7 Å². The fourth-order valence-electron chi connectivity index (χ4n) is 3.25. The highest BCUT2D eigenvalue weighted by Gasteiger charge is 2.37. The number of sulfonamides is 1. The molecule has 148 valence electrons. The molecular weight excluding hydrogens is 368 g/mol. The lowest BCUT2D eigenvalue weighted by molar-refractivity contribution is 0.303. The Morgan fingerprint density at radius 2 is 1.85 bits per heavy atom. The second-order valence-electron chi connectivity index (χ2n) is 7.34. The Hall–Kier alpha value is -1.97. The largest absolute Gasteiger partial charge is 0.497 e. The average Bonchev–Trinajstić information content (AvgIpc) is 3.30. The van der Waals surface area contributed by atoms with E-state index in [1.165, 1.54) is 19.2 Å². The van der Waals surface area contributed by atoms with Crippen LogP contribution in [0.1, 0.15) is 57.3 Å². The van der Waals surface area contributed by atoms with E-state index < -0.39 is 21.6 Å². The van der Waals surface area contributed by atoms with Gasteiger partial charge in [-0.2, -0.15) is 9.71 Å². The summed E-state index contributed by atoms with van der Waals surface area (Å²) < 4.78 is 38.7. The van der Waals surface area contributed by atoms with Gasteiger partial charge in [-0.3, -0.25) is 0 Å². The SMILES string of the molecule is COc1ccc(S(=O)(=O)NC(c2nc(C3(N)CCCC3)no2)C(C)C)cc1. The number of hydrogen-bond donors (Lipinski definition) is 2. The Labute approximate surface area is 159 Å². The van der Waals surface area contributed by atoms with E-state index in [4.69, 9.17) is 15.0 Å². The monoisotopic (exact) mass is 394 g/mol. The van der Waals surface area contributed by atoms with E-state index in [0.29, 0.717) is 11.6 Å². The molecule has 8 nitrogen and oxygen atoms in total. The highest BCUT2D eigenvalue weighted by atomic mass is 32.2. The van der Waals surface area contributed by atoms with E-state index >= 15 is 0 Å². The highest BCUT2D eigenvalue weighted by molar-refractivity contribution is 7.89. The molecular formula is C18H26N4O4S. The molecule has 27 heavy (non-hydrogen) atoms. The van der Waals surface area contributed by atoms with Crippen molar-refractivity contribution in [2.24, 2.45) is 11.7 Å². The van der Waals surface area contributed by atoms with Gasteiger partial charge in [0.1, 0.15) is 11.8 Å². The summed E-state index contributed by atoms with van der Waals surface area (Å²) in [6, 6.07) is 5.53. The number of aromatic nitrogens is 2. The summed E-state index contributed by atoms with van der Waals surface area (Å²) in [6.45, 7) is 3.78. The molecule has 0 spiro atoms. The molecule has 2 aromatic rings. The third-order valence-corrected chi connectivity index (χ3v) is 6.42. The Balaban J connectivity index is 1.84. The van der Waals surface area contributed by atoms with Gasteiger partial charge in [0.15, 0.2) is 5.82 Å². The van der Waals surface area contributed by atoms with Crippen molar-refractivity contribution in [3.63, 3.8) is 0 Å². The maximum absolute atomic E-state index is 12.8. The number of hydrogen-bond acceptors (Lipinski definition) is 7. The van der Waals surface area contributed by atoms with Crippen molar-refractivity contribution in [2.75, 3.05) is 7.11 Å². The van der Waals surface area contributed by atoms with Gasteiger partial charge >= 0.3 is 0 Å². The van der Waals surface area contributed by atoms with Crippen molar-refractivity contribution in [2.45, 2.75) is 56.0 Å². The van der Waals surface area contributed by atoms with E-state index in [-0.39, 0.29) is 16.7 Å². The number of nitrogens with two attached hydrogens (primary N) is 1. The second kappa shape index (κ2) is 7.57. The Bertz CT molecular complexity index is 871. The summed E-state index contributed by atoms with van der Waals surface area (Å²) in [6.07, 6.45) is 3.65. The zero-order chi connectivity index (χ0) is 19.7. The lowest BCUT2D eigenvalue weighted by Crippen LogP contribution is -2.35. The van der Waals surface area contributed by atoms with Crippen molar-refractivity contribution < 1.29 is 17.7 Å². The first-order valence-corrected chi connectivity index (χ1v) is 10.5. The molecule has 9 heteroatoms. The number of nitrogens with one attached hydrogen (secondary N) is 1. The third kappa shape index (κ3) is 4.15. The lowest BCUT2D eigenvalue weighted by Gasteiger charge is -2.20. The minimum absolute atomic E-state index is 0.0939. The summed E-state index contributed by atoms with van der Waals surface area (Å²) in [5.41, 5.74) is 5.79. The van der Waals surface area contributed by atoms with Crippen LogP contribution in [0.3, 0.4) is 0 Å². The number of ether oxygens (including phenoxy) is 1. The van der Waals surface area contributed by atoms with Crippen molar-refractivity contribution in [1.82, 2.24) is 14.9 Å². The van der Waals surface area contributed by atoms with E-state index in [1.807, 2.05) is 13.8 Å². The molecule has 0 amide bonds. The summed E-state index contributed by atoms with van der Waals surface area (Å²) in [4.78, 5) is 4.58. The van der Waals surface area contributed by atoms with Crippen molar-refractivity contribution in [3.8, 4) is 5.75 Å². The van der Waals surface area contributed by atoms with Crippen LogP contribution in [0.2, 0.25) is 0 Å². The third-order valence-electron chi connectivity index (χ3n) is 4.97. The molecule has 0 radical (unpaired) electrons. The van der Waals surface area contributed by atoms with Gasteiger partial charge in [-0.1, -0.05) is 31.8 Å². The van der Waals surface area contributed by atoms with Gasteiger partial charge in [0.25, 0.3) is 0 Å². The molecule has 1 aromatic carbocycles. The summed E-state index contributed by atoms with van der Waals surface area (Å²) in [5.74, 6) is 1.17. The number of methoxy groups -OCH3 is 1. The number of rotatable bonds is 7. The molecule has 1 unspecified atom stereocenters. The van der Waals surface area contributed by atoms with E-state index in [2.05, 4.69) is 14.9 Å². The fourth-order valence-corrected chi connectivity index (χ4v) is 4.59. The van der Waals surface area contributed by atoms with Gasteiger partial charge in [0.05, 0.1) is 17.5 Å². The molecule has 0 saturated heterocycles. The first kappa shape index (κ1) is 19.8. The predicted molar refractivity (Wildman–Crippen MR) is 99.5 cm³/mol. The molecule has 0 aliphatic heterocycles. The van der Waals surface area contributed by atoms with Crippen LogP contribution < -0.4 is 15.2 Å². The number of nitrogens with zero attached hydrogens (tertiary/aromatic N) is 2. The minimum atomic E-state index is -3.77. The predicted octanol–water partition coefficient (Wildman–Crippen LogP) is 2.48. The van der Waals surface area contributed by atoms with Crippen LogP contribution in [-0.2, 0) is 15.6 Å². The molecule has 0 bridgehead atoms. The first-order valence-electron chi connectivity index (χ1n) is 9.04. The van der Waals surface area contributed by atoms with Crippen LogP contribution in [0.5, 0.6) is 5.75 Å². The van der Waals surface area contributed by atoms with Crippen LogP contribution in [0.25, 0.3) is 0 Å². The normalized spacial score (nSPS) is 18.0. The van der Waals surface area contributed by atoms with Gasteiger partial charge in [-0.05, 0) is 43.0 Å². The molecule has 1 atom stereocenters. The quantitative estimate of drug-likeness (QED) is 0.740. The van der Waals surface area contributed by atoms with E-state index in [9.17, 15) is 8.42 Å². The molecule has 1 aliphatic carbocycles. The summed E-state index contributed by atoms with van der Waals surface area (Å²) in [5, 5.41) is 4.04. The molecule has 1 saturated carbocycles. The van der Waals surface area contributed by atoms with Gasteiger partial charge in [0, 0.05) is 0 Å². The standard InChI is InChI=1S/C18H26N4O4S/c1-12(2)15(16-20-17(21-26-16)18(19)10-4-5-11-18)22-27(23,24)14-8-6-13(25-3)7-9-14/h6-9,12,15,22H,4-5,10-11,19H2,1-3H3.